The molecule has 24 heavy (non-hydrogen) atoms. The molecule has 132 valence electrons. The van der Waals surface area contributed by atoms with Crippen molar-refractivity contribution in [2.24, 2.45) is 5.92 Å². The first-order valence-corrected chi connectivity index (χ1v) is 9.66. The Bertz CT molecular complexity index is 663. The van der Waals surface area contributed by atoms with E-state index >= 15 is 0 Å². The van der Waals surface area contributed by atoms with Gasteiger partial charge in [-0.25, -0.2) is 8.42 Å². The molecule has 8 heteroatoms. The topological polar surface area (TPSA) is 87.7 Å². The lowest BCUT2D eigenvalue weighted by Crippen LogP contribution is -2.40. The minimum atomic E-state index is -3.47. The fourth-order valence-corrected chi connectivity index (χ4v) is 4.34. The van der Waals surface area contributed by atoms with Crippen molar-refractivity contribution in [1.29, 1.82) is 0 Å². The largest absolute Gasteiger partial charge is 0.379 e. The third kappa shape index (κ3) is 3.94. The van der Waals surface area contributed by atoms with Crippen LogP contribution in [0, 0.1) is 5.92 Å². The van der Waals surface area contributed by atoms with Gasteiger partial charge in [0.05, 0.1) is 24.0 Å². The van der Waals surface area contributed by atoms with Crippen LogP contribution in [-0.2, 0) is 26.1 Å². The van der Waals surface area contributed by atoms with Crippen molar-refractivity contribution in [1.82, 2.24) is 14.9 Å². The third-order valence-corrected chi connectivity index (χ3v) is 6.34. The molecule has 0 aliphatic carbocycles. The summed E-state index contributed by atoms with van der Waals surface area (Å²) in [6.45, 7) is 3.64. The number of nitrogens with zero attached hydrogens (tertiary/aromatic N) is 1. The van der Waals surface area contributed by atoms with E-state index in [0.29, 0.717) is 32.8 Å². The molecule has 0 bridgehead atoms. The summed E-state index contributed by atoms with van der Waals surface area (Å²) in [6.07, 6.45) is 0.864. The summed E-state index contributed by atoms with van der Waals surface area (Å²) in [7, 11) is -3.47. The second kappa shape index (κ2) is 7.60. The molecule has 0 aromatic heterocycles. The number of amides is 1. The summed E-state index contributed by atoms with van der Waals surface area (Å²) in [5.74, 6) is 0.0796. The molecule has 3 rings (SSSR count). The Morgan fingerprint density at radius 1 is 1.25 bits per heavy atom. The van der Waals surface area contributed by atoms with Crippen molar-refractivity contribution in [3.05, 3.63) is 29.8 Å². The van der Waals surface area contributed by atoms with Crippen LogP contribution in [0.4, 0.5) is 0 Å². The highest BCUT2D eigenvalue weighted by molar-refractivity contribution is 7.89. The van der Waals surface area contributed by atoms with E-state index < -0.39 is 10.0 Å². The Morgan fingerprint density at radius 3 is 2.58 bits per heavy atom. The van der Waals surface area contributed by atoms with Gasteiger partial charge in [-0.15, -0.1) is 0 Å². The van der Waals surface area contributed by atoms with Crippen LogP contribution < -0.4 is 10.6 Å². The fraction of sp³-hybridized carbons (Fsp3) is 0.562. The monoisotopic (exact) mass is 353 g/mol. The standard InChI is InChI=1S/C16H23N3O4S/c20-16(14-5-6-17-12-14)18-11-13-1-3-15(4-2-13)24(21,22)19-7-9-23-10-8-19/h1-4,14,17H,5-12H2,(H,18,20). The molecule has 7 nitrogen and oxygen atoms in total. The molecule has 2 N–H and O–H groups in total. The highest BCUT2D eigenvalue weighted by Crippen LogP contribution is 2.18. The van der Waals surface area contributed by atoms with E-state index in [4.69, 9.17) is 4.74 Å². The number of morpholine rings is 1. The first-order valence-electron chi connectivity index (χ1n) is 8.22. The van der Waals surface area contributed by atoms with Gasteiger partial charge in [0.25, 0.3) is 0 Å². The maximum absolute atomic E-state index is 12.5. The van der Waals surface area contributed by atoms with Crippen molar-refractivity contribution in [2.75, 3.05) is 39.4 Å². The SMILES string of the molecule is O=C(NCc1ccc(S(=O)(=O)N2CCOCC2)cc1)C1CCNC1. The maximum atomic E-state index is 12.5. The van der Waals surface area contributed by atoms with Crippen molar-refractivity contribution < 1.29 is 17.9 Å². The highest BCUT2D eigenvalue weighted by Gasteiger charge is 2.26. The Hall–Kier alpha value is -1.48. The van der Waals surface area contributed by atoms with Crippen LogP contribution in [0.2, 0.25) is 0 Å². The molecule has 1 atom stereocenters. The van der Waals surface area contributed by atoms with Gasteiger partial charge in [0.15, 0.2) is 0 Å². The summed E-state index contributed by atoms with van der Waals surface area (Å²) in [5, 5.41) is 6.07. The van der Waals surface area contributed by atoms with E-state index in [0.717, 1.165) is 25.1 Å². The minimum Gasteiger partial charge on any atom is -0.379 e. The number of sulfonamides is 1. The lowest BCUT2D eigenvalue weighted by Gasteiger charge is -2.26. The molecule has 2 saturated heterocycles. The van der Waals surface area contributed by atoms with Crippen LogP contribution in [0.25, 0.3) is 0 Å². The minimum absolute atomic E-state index is 0.0333. The quantitative estimate of drug-likeness (QED) is 0.774. The van der Waals surface area contributed by atoms with Gasteiger partial charge >= 0.3 is 0 Å². The molecule has 2 aliphatic heterocycles. The maximum Gasteiger partial charge on any atom is 0.243 e. The Morgan fingerprint density at radius 2 is 1.96 bits per heavy atom. The summed E-state index contributed by atoms with van der Waals surface area (Å²) in [4.78, 5) is 12.3. The predicted molar refractivity (Wildman–Crippen MR) is 88.8 cm³/mol. The van der Waals surface area contributed by atoms with E-state index in [9.17, 15) is 13.2 Å². The number of carbonyl (C=O) groups excluding carboxylic acids is 1. The first-order chi connectivity index (χ1) is 11.6. The molecule has 1 unspecified atom stereocenters. The zero-order chi connectivity index (χ0) is 17.0. The van der Waals surface area contributed by atoms with Gasteiger partial charge in [0.2, 0.25) is 15.9 Å². The molecule has 0 saturated carbocycles. The Kier molecular flexibility index (Phi) is 5.50. The molecular weight excluding hydrogens is 330 g/mol. The fourth-order valence-electron chi connectivity index (χ4n) is 2.93. The van der Waals surface area contributed by atoms with Gasteiger partial charge in [0.1, 0.15) is 0 Å². The molecule has 2 heterocycles. The van der Waals surface area contributed by atoms with Crippen LogP contribution in [0.1, 0.15) is 12.0 Å². The molecule has 0 spiro atoms. The predicted octanol–water partition coefficient (Wildman–Crippen LogP) is -0.0668. The van der Waals surface area contributed by atoms with Crippen molar-refractivity contribution >= 4 is 15.9 Å². The van der Waals surface area contributed by atoms with E-state index in [1.54, 1.807) is 24.3 Å². The molecule has 1 aromatic carbocycles. The number of benzene rings is 1. The van der Waals surface area contributed by atoms with Gasteiger partial charge in [-0.05, 0) is 30.7 Å². The van der Waals surface area contributed by atoms with E-state index in [1.165, 1.54) is 4.31 Å². The number of rotatable bonds is 5. The summed E-state index contributed by atoms with van der Waals surface area (Å²) < 4.78 is 31.7. The summed E-state index contributed by atoms with van der Waals surface area (Å²) in [6, 6.07) is 6.70. The molecular formula is C16H23N3O4S. The molecule has 1 aromatic rings. The van der Waals surface area contributed by atoms with Gasteiger partial charge in [-0.1, -0.05) is 12.1 Å². The smallest absolute Gasteiger partial charge is 0.243 e. The van der Waals surface area contributed by atoms with Gasteiger partial charge in [-0.3, -0.25) is 4.79 Å². The van der Waals surface area contributed by atoms with E-state index in [-0.39, 0.29) is 16.7 Å². The highest BCUT2D eigenvalue weighted by atomic mass is 32.2. The summed E-state index contributed by atoms with van der Waals surface area (Å²) in [5.41, 5.74) is 0.884. The van der Waals surface area contributed by atoms with Crippen LogP contribution in [-0.4, -0.2) is 58.0 Å². The second-order valence-electron chi connectivity index (χ2n) is 6.07. The molecule has 2 aliphatic rings. The van der Waals surface area contributed by atoms with E-state index in [1.807, 2.05) is 0 Å². The third-order valence-electron chi connectivity index (χ3n) is 4.43. The van der Waals surface area contributed by atoms with E-state index in [2.05, 4.69) is 10.6 Å². The van der Waals surface area contributed by atoms with Gasteiger partial charge in [-0.2, -0.15) is 4.31 Å². The number of nitrogens with one attached hydrogen (secondary N) is 2. The number of ether oxygens (including phenoxy) is 1. The van der Waals surface area contributed by atoms with Gasteiger partial charge in [0, 0.05) is 26.2 Å². The Balaban J connectivity index is 1.59. The van der Waals surface area contributed by atoms with Gasteiger partial charge < -0.3 is 15.4 Å². The average molecular weight is 353 g/mol. The zero-order valence-electron chi connectivity index (χ0n) is 13.5. The lowest BCUT2D eigenvalue weighted by molar-refractivity contribution is -0.124. The number of carbonyl (C=O) groups is 1. The Labute approximate surface area is 142 Å². The first kappa shape index (κ1) is 17.3. The molecule has 1 amide bonds. The lowest BCUT2D eigenvalue weighted by atomic mass is 10.1. The van der Waals surface area contributed by atoms with Crippen LogP contribution in [0.5, 0.6) is 0 Å². The van der Waals surface area contributed by atoms with Crippen LogP contribution >= 0.6 is 0 Å². The van der Waals surface area contributed by atoms with Crippen LogP contribution in [0.3, 0.4) is 0 Å². The van der Waals surface area contributed by atoms with Crippen LogP contribution in [0.15, 0.2) is 29.2 Å². The normalized spacial score (nSPS) is 22.4. The van der Waals surface area contributed by atoms with Crippen molar-refractivity contribution in [3.63, 3.8) is 0 Å². The number of hydrogen-bond acceptors (Lipinski definition) is 5. The zero-order valence-corrected chi connectivity index (χ0v) is 14.3. The van der Waals surface area contributed by atoms with Crippen molar-refractivity contribution in [3.8, 4) is 0 Å². The molecule has 0 radical (unpaired) electrons. The average Bonchev–Trinajstić information content (AvgIpc) is 3.15. The van der Waals surface area contributed by atoms with Crippen molar-refractivity contribution in [2.45, 2.75) is 17.9 Å². The summed E-state index contributed by atoms with van der Waals surface area (Å²) >= 11 is 0. The number of hydrogen-bond donors (Lipinski definition) is 2. The molecule has 2 fully saturated rings. The second-order valence-corrected chi connectivity index (χ2v) is 8.01.